The van der Waals surface area contributed by atoms with Crippen LogP contribution in [0.15, 0.2) is 18.2 Å². The predicted molar refractivity (Wildman–Crippen MR) is 65.3 cm³/mol. The fourth-order valence-corrected chi connectivity index (χ4v) is 2.70. The fraction of sp³-hybridized carbons (Fsp3) is 0.300. The Labute approximate surface area is 108 Å². The zero-order chi connectivity index (χ0) is 13.5. The van der Waals surface area contributed by atoms with E-state index in [9.17, 15) is 17.6 Å². The minimum absolute atomic E-state index is 0.0420. The Bertz CT molecular complexity index is 605. The molecule has 2 rings (SSSR count). The molecule has 0 radical (unpaired) electrons. The Morgan fingerprint density at radius 3 is 2.61 bits per heavy atom. The van der Waals surface area contributed by atoms with Crippen LogP contribution in [0.25, 0.3) is 0 Å². The summed E-state index contributed by atoms with van der Waals surface area (Å²) in [6, 6.07) is 3.76. The van der Waals surface area contributed by atoms with Crippen LogP contribution in [0, 0.1) is 5.82 Å². The maximum absolute atomic E-state index is 13.0. The van der Waals surface area contributed by atoms with E-state index in [1.807, 2.05) is 0 Å². The van der Waals surface area contributed by atoms with Crippen molar-refractivity contribution in [2.45, 2.75) is 11.7 Å². The smallest absolute Gasteiger partial charge is 0.228 e. The third-order valence-electron chi connectivity index (χ3n) is 2.77. The van der Waals surface area contributed by atoms with Crippen LogP contribution in [-0.2, 0) is 14.8 Å². The number of hydrogen-bond donors (Lipinski definition) is 1. The number of carbonyl (C=O) groups excluding carboxylic acids is 1. The first-order chi connectivity index (χ1) is 8.29. The maximum atomic E-state index is 13.0. The quantitative estimate of drug-likeness (QED) is 0.878. The van der Waals surface area contributed by atoms with E-state index in [4.69, 9.17) is 16.7 Å². The van der Waals surface area contributed by atoms with Gasteiger partial charge in [0.1, 0.15) is 11.1 Å². The molecule has 98 valence electrons. The number of halogens is 2. The van der Waals surface area contributed by atoms with E-state index < -0.39 is 21.1 Å². The third kappa shape index (κ3) is 2.47. The summed E-state index contributed by atoms with van der Waals surface area (Å²) >= 11 is 5.61. The molecule has 0 aliphatic carbocycles. The average molecular weight is 293 g/mol. The molecule has 1 atom stereocenters. The minimum Gasteiger partial charge on any atom is -0.311 e. The van der Waals surface area contributed by atoms with Crippen LogP contribution in [0.5, 0.6) is 0 Å². The van der Waals surface area contributed by atoms with Crippen LogP contribution < -0.4 is 10.0 Å². The van der Waals surface area contributed by atoms with Crippen LogP contribution >= 0.6 is 11.6 Å². The molecule has 1 aromatic rings. The summed E-state index contributed by atoms with van der Waals surface area (Å²) < 4.78 is 35.4. The second-order valence-electron chi connectivity index (χ2n) is 4.02. The van der Waals surface area contributed by atoms with Gasteiger partial charge in [-0.05, 0) is 18.2 Å². The van der Waals surface area contributed by atoms with Gasteiger partial charge in [-0.2, -0.15) is 0 Å². The molecule has 1 aromatic carbocycles. The molecule has 1 amide bonds. The molecule has 5 nitrogen and oxygen atoms in total. The van der Waals surface area contributed by atoms with E-state index in [0.29, 0.717) is 5.69 Å². The van der Waals surface area contributed by atoms with Crippen LogP contribution in [0.2, 0.25) is 5.02 Å². The van der Waals surface area contributed by atoms with Gasteiger partial charge in [0.05, 0.1) is 5.02 Å². The topological polar surface area (TPSA) is 80.5 Å². The largest absolute Gasteiger partial charge is 0.311 e. The van der Waals surface area contributed by atoms with Gasteiger partial charge in [0, 0.05) is 18.7 Å². The maximum Gasteiger partial charge on any atom is 0.228 e. The van der Waals surface area contributed by atoms with E-state index >= 15 is 0 Å². The highest BCUT2D eigenvalue weighted by atomic mass is 35.5. The van der Waals surface area contributed by atoms with Crippen LogP contribution in [0.1, 0.15) is 6.42 Å². The van der Waals surface area contributed by atoms with E-state index in [2.05, 4.69) is 0 Å². The number of rotatable bonds is 2. The molecule has 1 aliphatic heterocycles. The van der Waals surface area contributed by atoms with Gasteiger partial charge < -0.3 is 4.90 Å². The monoisotopic (exact) mass is 292 g/mol. The van der Waals surface area contributed by atoms with Gasteiger partial charge in [0.2, 0.25) is 15.9 Å². The molecule has 2 N–H and O–H groups in total. The van der Waals surface area contributed by atoms with Gasteiger partial charge in [0.15, 0.2) is 0 Å². The molecule has 0 saturated carbocycles. The number of primary sulfonamides is 1. The van der Waals surface area contributed by atoms with Gasteiger partial charge in [-0.1, -0.05) is 11.6 Å². The summed E-state index contributed by atoms with van der Waals surface area (Å²) in [5, 5.41) is 3.94. The van der Waals surface area contributed by atoms with Gasteiger partial charge in [-0.25, -0.2) is 17.9 Å². The SMILES string of the molecule is NS(=O)(=O)C1CC(=O)N(c2ccc(F)c(Cl)c2)C1. The van der Waals surface area contributed by atoms with E-state index in [1.54, 1.807) is 0 Å². The summed E-state index contributed by atoms with van der Waals surface area (Å²) in [4.78, 5) is 12.9. The number of amides is 1. The van der Waals surface area contributed by atoms with Crippen molar-refractivity contribution in [1.29, 1.82) is 0 Å². The lowest BCUT2D eigenvalue weighted by atomic mass is 10.3. The molecule has 1 saturated heterocycles. The fourth-order valence-electron chi connectivity index (χ4n) is 1.80. The number of carbonyl (C=O) groups is 1. The van der Waals surface area contributed by atoms with Crippen molar-refractivity contribution in [1.82, 2.24) is 0 Å². The van der Waals surface area contributed by atoms with Crippen molar-refractivity contribution in [2.75, 3.05) is 11.4 Å². The molecule has 1 fully saturated rings. The summed E-state index contributed by atoms with van der Waals surface area (Å²) in [7, 11) is -3.76. The highest BCUT2D eigenvalue weighted by Gasteiger charge is 2.37. The van der Waals surface area contributed by atoms with Gasteiger partial charge in [-0.15, -0.1) is 0 Å². The molecule has 8 heteroatoms. The number of benzene rings is 1. The van der Waals surface area contributed by atoms with Crippen molar-refractivity contribution in [3.8, 4) is 0 Å². The van der Waals surface area contributed by atoms with Crippen LogP contribution in [0.3, 0.4) is 0 Å². The van der Waals surface area contributed by atoms with Gasteiger partial charge >= 0.3 is 0 Å². The summed E-state index contributed by atoms with van der Waals surface area (Å²) in [5.74, 6) is -0.980. The van der Waals surface area contributed by atoms with Crippen molar-refractivity contribution >= 4 is 33.2 Å². The van der Waals surface area contributed by atoms with E-state index in [1.165, 1.54) is 17.0 Å². The number of hydrogen-bond acceptors (Lipinski definition) is 3. The first-order valence-electron chi connectivity index (χ1n) is 5.06. The lowest BCUT2D eigenvalue weighted by Crippen LogP contribution is -2.32. The molecular formula is C10H10ClFN2O3S. The standard InChI is InChI=1S/C10H10ClFN2O3S/c11-8-3-6(1-2-9(8)12)14-5-7(4-10(14)15)18(13,16)17/h1-3,7H,4-5H2,(H2,13,16,17). The van der Waals surface area contributed by atoms with Crippen molar-refractivity contribution in [2.24, 2.45) is 5.14 Å². The van der Waals surface area contributed by atoms with Crippen molar-refractivity contribution in [3.63, 3.8) is 0 Å². The lowest BCUT2D eigenvalue weighted by Gasteiger charge is -2.16. The molecule has 1 heterocycles. The number of nitrogens with zero attached hydrogens (tertiary/aromatic N) is 1. The second kappa shape index (κ2) is 4.49. The van der Waals surface area contributed by atoms with Crippen LogP contribution in [-0.4, -0.2) is 26.1 Å². The first kappa shape index (κ1) is 13.3. The zero-order valence-electron chi connectivity index (χ0n) is 9.14. The summed E-state index contributed by atoms with van der Waals surface area (Å²) in [6.07, 6.45) is -0.173. The molecule has 0 bridgehead atoms. The molecular weight excluding hydrogens is 283 g/mol. The molecule has 0 aromatic heterocycles. The zero-order valence-corrected chi connectivity index (χ0v) is 10.7. The lowest BCUT2D eigenvalue weighted by molar-refractivity contribution is -0.117. The van der Waals surface area contributed by atoms with Crippen molar-refractivity contribution < 1.29 is 17.6 Å². The van der Waals surface area contributed by atoms with Crippen molar-refractivity contribution in [3.05, 3.63) is 29.0 Å². The average Bonchev–Trinajstić information content (AvgIpc) is 2.64. The third-order valence-corrected chi connectivity index (χ3v) is 4.30. The molecule has 1 unspecified atom stereocenters. The summed E-state index contributed by atoms with van der Waals surface area (Å²) in [5.41, 5.74) is 0.359. The van der Waals surface area contributed by atoms with E-state index in [-0.39, 0.29) is 23.9 Å². The predicted octanol–water partition coefficient (Wildman–Crippen LogP) is 0.873. The van der Waals surface area contributed by atoms with E-state index in [0.717, 1.165) is 6.07 Å². The Hall–Kier alpha value is -1.18. The highest BCUT2D eigenvalue weighted by molar-refractivity contribution is 7.89. The normalized spacial score (nSPS) is 20.5. The number of nitrogens with two attached hydrogens (primary N) is 1. The minimum atomic E-state index is -3.76. The van der Waals surface area contributed by atoms with Gasteiger partial charge in [-0.3, -0.25) is 4.79 Å². The summed E-state index contributed by atoms with van der Waals surface area (Å²) in [6.45, 7) is -0.0420. The molecule has 18 heavy (non-hydrogen) atoms. The number of anilines is 1. The Morgan fingerprint density at radius 2 is 2.11 bits per heavy atom. The number of sulfonamides is 1. The Kier molecular flexibility index (Phi) is 3.31. The highest BCUT2D eigenvalue weighted by Crippen LogP contribution is 2.27. The Balaban J connectivity index is 2.30. The molecule has 1 aliphatic rings. The Morgan fingerprint density at radius 1 is 1.44 bits per heavy atom. The second-order valence-corrected chi connectivity index (χ2v) is 6.27. The molecule has 0 spiro atoms. The van der Waals surface area contributed by atoms with Crippen LogP contribution in [0.4, 0.5) is 10.1 Å². The first-order valence-corrected chi connectivity index (χ1v) is 7.05. The van der Waals surface area contributed by atoms with Gasteiger partial charge in [0.25, 0.3) is 0 Å².